The smallest absolute Gasteiger partial charge is 0.229 e. The normalized spacial score (nSPS) is 19.2. The van der Waals surface area contributed by atoms with Gasteiger partial charge in [0.2, 0.25) is 11.8 Å². The highest BCUT2D eigenvalue weighted by Crippen LogP contribution is 2.29. The van der Waals surface area contributed by atoms with Gasteiger partial charge in [0.1, 0.15) is 5.75 Å². The molecule has 2 amide bonds. The number of carbonyl (C=O) groups excluding carboxylic acids is 2. The van der Waals surface area contributed by atoms with Gasteiger partial charge in [0.15, 0.2) is 0 Å². The van der Waals surface area contributed by atoms with E-state index >= 15 is 0 Å². The number of rotatable bonds is 5. The lowest BCUT2D eigenvalue weighted by Gasteiger charge is -2.20. The Morgan fingerprint density at radius 1 is 1.07 bits per heavy atom. The molecule has 2 aliphatic rings. The summed E-state index contributed by atoms with van der Waals surface area (Å²) in [7, 11) is 1.59. The van der Waals surface area contributed by atoms with Gasteiger partial charge in [-0.3, -0.25) is 9.59 Å². The fourth-order valence-corrected chi connectivity index (χ4v) is 3.90. The van der Waals surface area contributed by atoms with Crippen LogP contribution in [0, 0.1) is 5.92 Å². The van der Waals surface area contributed by atoms with E-state index in [4.69, 9.17) is 4.74 Å². The van der Waals surface area contributed by atoms with Gasteiger partial charge in [-0.25, -0.2) is 0 Å². The van der Waals surface area contributed by atoms with Gasteiger partial charge in [-0.1, -0.05) is 6.07 Å². The summed E-state index contributed by atoms with van der Waals surface area (Å²) in [6.45, 7) is 2.58. The van der Waals surface area contributed by atoms with E-state index in [-0.39, 0.29) is 24.2 Å². The Morgan fingerprint density at radius 2 is 1.79 bits per heavy atom. The highest BCUT2D eigenvalue weighted by atomic mass is 16.5. The summed E-state index contributed by atoms with van der Waals surface area (Å²) in [6, 6.07) is 15.3. The Hall–Kier alpha value is -3.02. The predicted octanol–water partition coefficient (Wildman–Crippen LogP) is 3.29. The van der Waals surface area contributed by atoms with Gasteiger partial charge < -0.3 is 19.9 Å². The van der Waals surface area contributed by atoms with Crippen molar-refractivity contribution in [1.82, 2.24) is 0 Å². The van der Waals surface area contributed by atoms with Crippen molar-refractivity contribution in [2.45, 2.75) is 19.3 Å². The first kappa shape index (κ1) is 18.3. The summed E-state index contributed by atoms with van der Waals surface area (Å²) in [5.74, 6) is 0.162. The van der Waals surface area contributed by atoms with Crippen molar-refractivity contribution in [1.29, 1.82) is 0 Å². The Morgan fingerprint density at radius 3 is 2.50 bits per heavy atom. The molecule has 0 aliphatic carbocycles. The first-order chi connectivity index (χ1) is 13.6. The summed E-state index contributed by atoms with van der Waals surface area (Å²) < 4.78 is 5.18. The lowest BCUT2D eigenvalue weighted by atomic mass is 10.1. The van der Waals surface area contributed by atoms with Crippen molar-refractivity contribution < 1.29 is 14.3 Å². The average molecular weight is 379 g/mol. The van der Waals surface area contributed by atoms with E-state index in [1.165, 1.54) is 18.5 Å². The Bertz CT molecular complexity index is 860. The molecule has 6 heteroatoms. The number of nitrogens with zero attached hydrogens (tertiary/aromatic N) is 2. The van der Waals surface area contributed by atoms with Crippen LogP contribution in [0.5, 0.6) is 5.75 Å². The van der Waals surface area contributed by atoms with Crippen LogP contribution in [0.25, 0.3) is 0 Å². The molecule has 0 bridgehead atoms. The molecule has 0 aromatic heterocycles. The molecule has 2 fully saturated rings. The minimum Gasteiger partial charge on any atom is -0.497 e. The summed E-state index contributed by atoms with van der Waals surface area (Å²) in [6.07, 6.45) is 2.69. The number of hydrogen-bond donors (Lipinski definition) is 1. The zero-order valence-electron chi connectivity index (χ0n) is 16.1. The van der Waals surface area contributed by atoms with Gasteiger partial charge >= 0.3 is 0 Å². The minimum atomic E-state index is -0.364. The van der Waals surface area contributed by atoms with Crippen LogP contribution in [0.2, 0.25) is 0 Å². The first-order valence-corrected chi connectivity index (χ1v) is 9.74. The fourth-order valence-electron chi connectivity index (χ4n) is 3.90. The second kappa shape index (κ2) is 7.92. The number of methoxy groups -OCH3 is 1. The topological polar surface area (TPSA) is 61.9 Å². The van der Waals surface area contributed by atoms with Crippen molar-refractivity contribution in [3.8, 4) is 5.75 Å². The van der Waals surface area contributed by atoms with Gasteiger partial charge in [0.25, 0.3) is 0 Å². The largest absolute Gasteiger partial charge is 0.497 e. The molecule has 2 aromatic rings. The Kier molecular flexibility index (Phi) is 5.19. The molecule has 6 nitrogen and oxygen atoms in total. The highest BCUT2D eigenvalue weighted by molar-refractivity contribution is 6.03. The van der Waals surface area contributed by atoms with Crippen LogP contribution in [0.1, 0.15) is 19.3 Å². The second-order valence-electron chi connectivity index (χ2n) is 7.34. The molecular weight excluding hydrogens is 354 g/mol. The minimum absolute atomic E-state index is 0.0142. The Labute approximate surface area is 165 Å². The maximum Gasteiger partial charge on any atom is 0.229 e. The molecule has 0 spiro atoms. The van der Waals surface area contributed by atoms with Crippen molar-refractivity contribution in [2.24, 2.45) is 5.92 Å². The fraction of sp³-hybridized carbons (Fsp3) is 0.364. The van der Waals surface area contributed by atoms with E-state index < -0.39 is 0 Å². The maximum atomic E-state index is 12.6. The van der Waals surface area contributed by atoms with Gasteiger partial charge in [-0.05, 0) is 49.2 Å². The molecule has 0 saturated carbocycles. The second-order valence-corrected chi connectivity index (χ2v) is 7.34. The van der Waals surface area contributed by atoms with Crippen LogP contribution in [0.4, 0.5) is 17.1 Å². The number of ether oxygens (including phenoxy) is 1. The van der Waals surface area contributed by atoms with Crippen molar-refractivity contribution in [3.05, 3.63) is 48.5 Å². The monoisotopic (exact) mass is 379 g/mol. The maximum absolute atomic E-state index is 12.6. The lowest BCUT2D eigenvalue weighted by Crippen LogP contribution is -2.28. The number of carbonyl (C=O) groups is 2. The first-order valence-electron chi connectivity index (χ1n) is 9.74. The van der Waals surface area contributed by atoms with Gasteiger partial charge in [-0.15, -0.1) is 0 Å². The predicted molar refractivity (Wildman–Crippen MR) is 110 cm³/mol. The number of benzene rings is 2. The van der Waals surface area contributed by atoms with E-state index in [0.717, 1.165) is 18.8 Å². The van der Waals surface area contributed by atoms with Crippen LogP contribution in [0.3, 0.4) is 0 Å². The SMILES string of the molecule is COc1cccc(NC(=O)C2CC(=O)N(c3ccc(N4CCCC4)cc3)C2)c1. The molecule has 1 unspecified atom stereocenters. The van der Waals surface area contributed by atoms with Crippen LogP contribution in [-0.2, 0) is 9.59 Å². The number of anilines is 3. The average Bonchev–Trinajstić information content (AvgIpc) is 3.38. The summed E-state index contributed by atoms with van der Waals surface area (Å²) >= 11 is 0. The van der Waals surface area contributed by atoms with Crippen LogP contribution in [0.15, 0.2) is 48.5 Å². The van der Waals surface area contributed by atoms with Crippen LogP contribution < -0.4 is 19.9 Å². The van der Waals surface area contributed by atoms with Gasteiger partial charge in [0.05, 0.1) is 13.0 Å². The van der Waals surface area contributed by atoms with Crippen molar-refractivity contribution >= 4 is 28.9 Å². The molecule has 146 valence electrons. The third-order valence-corrected chi connectivity index (χ3v) is 5.47. The number of nitrogens with one attached hydrogen (secondary N) is 1. The third-order valence-electron chi connectivity index (χ3n) is 5.47. The Balaban J connectivity index is 1.41. The third kappa shape index (κ3) is 3.81. The van der Waals surface area contributed by atoms with Crippen molar-refractivity contribution in [3.63, 3.8) is 0 Å². The molecular formula is C22H25N3O3. The molecule has 2 heterocycles. The van der Waals surface area contributed by atoms with Crippen molar-refractivity contribution in [2.75, 3.05) is 41.9 Å². The lowest BCUT2D eigenvalue weighted by molar-refractivity contribution is -0.122. The van der Waals surface area contributed by atoms with Gasteiger partial charge in [-0.2, -0.15) is 0 Å². The van der Waals surface area contributed by atoms with E-state index in [2.05, 4.69) is 22.3 Å². The highest BCUT2D eigenvalue weighted by Gasteiger charge is 2.35. The van der Waals surface area contributed by atoms with Crippen LogP contribution in [-0.4, -0.2) is 38.6 Å². The quantitative estimate of drug-likeness (QED) is 0.866. The molecule has 28 heavy (non-hydrogen) atoms. The molecule has 0 radical (unpaired) electrons. The summed E-state index contributed by atoms with van der Waals surface area (Å²) in [5, 5.41) is 2.89. The molecule has 2 aliphatic heterocycles. The van der Waals surface area contributed by atoms with E-state index in [1.807, 2.05) is 30.3 Å². The van der Waals surface area contributed by atoms with Gasteiger partial charge in [0, 0.05) is 49.2 Å². The van der Waals surface area contributed by atoms with E-state index in [9.17, 15) is 9.59 Å². The molecule has 1 N–H and O–H groups in total. The molecule has 2 saturated heterocycles. The number of hydrogen-bond acceptors (Lipinski definition) is 4. The van der Waals surface area contributed by atoms with E-state index in [1.54, 1.807) is 18.1 Å². The summed E-state index contributed by atoms with van der Waals surface area (Å²) in [5.41, 5.74) is 2.72. The number of amides is 2. The molecule has 1 atom stereocenters. The summed E-state index contributed by atoms with van der Waals surface area (Å²) in [4.78, 5) is 29.2. The standard InChI is InChI=1S/C22H25N3O3/c1-28-20-6-4-5-17(14-20)23-22(27)16-13-21(26)25(15-16)19-9-7-18(8-10-19)24-11-2-3-12-24/h4-10,14,16H,2-3,11-13,15H2,1H3,(H,23,27). The molecule has 4 rings (SSSR count). The van der Waals surface area contributed by atoms with E-state index in [0.29, 0.717) is 18.0 Å². The van der Waals surface area contributed by atoms with Crippen LogP contribution >= 0.6 is 0 Å². The zero-order valence-corrected chi connectivity index (χ0v) is 16.1. The zero-order chi connectivity index (χ0) is 19.5. The molecule has 2 aromatic carbocycles.